The van der Waals surface area contributed by atoms with Gasteiger partial charge in [-0.2, -0.15) is 15.0 Å². The van der Waals surface area contributed by atoms with Gasteiger partial charge in [0.25, 0.3) is 0 Å². The number of benzene rings is 1. The van der Waals surface area contributed by atoms with Gasteiger partial charge in [0.15, 0.2) is 0 Å². The summed E-state index contributed by atoms with van der Waals surface area (Å²) in [6.07, 6.45) is 3.98. The van der Waals surface area contributed by atoms with Crippen LogP contribution in [0.1, 0.15) is 33.1 Å². The molecule has 1 unspecified atom stereocenters. The largest absolute Gasteiger partial charge is 0.354 e. The Morgan fingerprint density at radius 3 is 2.86 bits per heavy atom. The highest BCUT2D eigenvalue weighted by Crippen LogP contribution is 2.61. The van der Waals surface area contributed by atoms with Crippen LogP contribution in [0.2, 0.25) is 5.28 Å². The van der Waals surface area contributed by atoms with E-state index in [0.717, 1.165) is 34.3 Å². The fourth-order valence-electron chi connectivity index (χ4n) is 4.98. The van der Waals surface area contributed by atoms with Crippen molar-refractivity contribution in [2.45, 2.75) is 33.1 Å². The second-order valence-corrected chi connectivity index (χ2v) is 9.71. The quantitative estimate of drug-likeness (QED) is 0.585. The molecule has 3 saturated carbocycles. The van der Waals surface area contributed by atoms with Gasteiger partial charge in [-0.1, -0.05) is 13.8 Å². The first kappa shape index (κ1) is 18.1. The molecule has 6 nitrogen and oxygen atoms in total. The van der Waals surface area contributed by atoms with Crippen molar-refractivity contribution in [2.75, 3.05) is 17.2 Å². The molecule has 8 heteroatoms. The fraction of sp³-hybridized carbons (Fsp3) is 0.500. The molecule has 0 saturated heterocycles. The van der Waals surface area contributed by atoms with Crippen molar-refractivity contribution in [1.82, 2.24) is 19.9 Å². The van der Waals surface area contributed by atoms with Crippen LogP contribution in [0.15, 0.2) is 23.7 Å². The maximum atomic E-state index is 6.15. The number of fused-ring (bicyclic) bond motifs is 3. The predicted molar refractivity (Wildman–Crippen MR) is 114 cm³/mol. The first-order valence-corrected chi connectivity index (χ1v) is 11.0. The number of rotatable bonds is 5. The second kappa shape index (κ2) is 6.81. The summed E-state index contributed by atoms with van der Waals surface area (Å²) in [7, 11) is 0. The van der Waals surface area contributed by atoms with E-state index in [1.807, 2.05) is 23.7 Å². The van der Waals surface area contributed by atoms with Gasteiger partial charge in [0.2, 0.25) is 17.2 Å². The number of thiazole rings is 1. The Morgan fingerprint density at radius 1 is 1.18 bits per heavy atom. The Labute approximate surface area is 173 Å². The molecule has 2 aromatic heterocycles. The predicted octanol–water partition coefficient (Wildman–Crippen LogP) is 5.36. The van der Waals surface area contributed by atoms with E-state index in [9.17, 15) is 0 Å². The molecule has 2 heterocycles. The van der Waals surface area contributed by atoms with Gasteiger partial charge >= 0.3 is 0 Å². The molecule has 0 aliphatic heterocycles. The number of aromatic nitrogens is 4. The molecule has 2 N–H and O–H groups in total. The van der Waals surface area contributed by atoms with E-state index in [0.29, 0.717) is 23.2 Å². The maximum Gasteiger partial charge on any atom is 0.233 e. The van der Waals surface area contributed by atoms with Gasteiger partial charge in [0, 0.05) is 12.2 Å². The number of anilines is 3. The summed E-state index contributed by atoms with van der Waals surface area (Å²) in [6.45, 7) is 5.72. The smallest absolute Gasteiger partial charge is 0.233 e. The molecule has 3 aliphatic carbocycles. The lowest BCUT2D eigenvalue weighted by atomic mass is 9.45. The Morgan fingerprint density at radius 2 is 2.04 bits per heavy atom. The Kier molecular flexibility index (Phi) is 4.39. The highest BCUT2D eigenvalue weighted by atomic mass is 35.5. The summed E-state index contributed by atoms with van der Waals surface area (Å²) in [5, 5.41) is 6.82. The van der Waals surface area contributed by atoms with Crippen LogP contribution in [0.4, 0.5) is 17.6 Å². The van der Waals surface area contributed by atoms with E-state index in [4.69, 9.17) is 11.6 Å². The molecule has 0 radical (unpaired) electrons. The molecule has 0 spiro atoms. The first-order chi connectivity index (χ1) is 13.5. The summed E-state index contributed by atoms with van der Waals surface area (Å²) in [5.74, 6) is 3.34. The van der Waals surface area contributed by atoms with Crippen LogP contribution in [0, 0.1) is 23.2 Å². The zero-order valence-electron chi connectivity index (χ0n) is 15.9. The third kappa shape index (κ3) is 3.20. The fourth-order valence-corrected chi connectivity index (χ4v) is 5.85. The summed E-state index contributed by atoms with van der Waals surface area (Å²) >= 11 is 7.75. The van der Waals surface area contributed by atoms with Crippen molar-refractivity contribution in [3.63, 3.8) is 0 Å². The van der Waals surface area contributed by atoms with Crippen molar-refractivity contribution in [3.8, 4) is 0 Å². The van der Waals surface area contributed by atoms with Gasteiger partial charge in [-0.3, -0.25) is 0 Å². The average Bonchev–Trinajstić information content (AvgIpc) is 3.14. The van der Waals surface area contributed by atoms with Crippen molar-refractivity contribution >= 4 is 50.7 Å². The molecule has 3 atom stereocenters. The lowest BCUT2D eigenvalue weighted by Gasteiger charge is -2.60. The van der Waals surface area contributed by atoms with Gasteiger partial charge in [0.1, 0.15) is 0 Å². The average molecular weight is 415 g/mol. The van der Waals surface area contributed by atoms with Crippen LogP contribution in [0.3, 0.4) is 0 Å². The van der Waals surface area contributed by atoms with Gasteiger partial charge in [-0.15, -0.1) is 11.3 Å². The third-order valence-electron chi connectivity index (χ3n) is 6.72. The second-order valence-electron chi connectivity index (χ2n) is 8.49. The summed E-state index contributed by atoms with van der Waals surface area (Å²) < 4.78 is 1.11. The van der Waals surface area contributed by atoms with E-state index >= 15 is 0 Å². The third-order valence-corrected chi connectivity index (χ3v) is 7.68. The molecule has 2 bridgehead atoms. The molecule has 28 heavy (non-hydrogen) atoms. The van der Waals surface area contributed by atoms with Crippen LogP contribution < -0.4 is 10.6 Å². The van der Waals surface area contributed by atoms with E-state index < -0.39 is 0 Å². The van der Waals surface area contributed by atoms with Gasteiger partial charge in [-0.25, -0.2) is 4.98 Å². The molecule has 146 valence electrons. The van der Waals surface area contributed by atoms with Gasteiger partial charge < -0.3 is 10.6 Å². The van der Waals surface area contributed by atoms with Crippen molar-refractivity contribution in [3.05, 3.63) is 29.0 Å². The lowest BCUT2D eigenvalue weighted by molar-refractivity contribution is -0.100. The highest BCUT2D eigenvalue weighted by Gasteiger charge is 2.53. The summed E-state index contributed by atoms with van der Waals surface area (Å²) in [6, 6.07) is 5.98. The minimum absolute atomic E-state index is 0.187. The molecule has 6 rings (SSSR count). The molecule has 3 aromatic rings. The van der Waals surface area contributed by atoms with E-state index in [1.54, 1.807) is 11.3 Å². The number of nitrogens with one attached hydrogen (secondary N) is 2. The monoisotopic (exact) mass is 414 g/mol. The van der Waals surface area contributed by atoms with Crippen LogP contribution in [-0.4, -0.2) is 26.5 Å². The van der Waals surface area contributed by atoms with Gasteiger partial charge in [-0.05, 0) is 72.2 Å². The standard InChI is InChI=1S/C20H23ClN6S/c1-20(2)12-4-3-11(14(20)7-12)9-22-18-25-17(21)26-19(27-18)24-13-5-6-15-16(8-13)28-10-23-15/h5-6,8,10-12,14H,3-4,7,9H2,1-2H3,(H2,22,24,25,26,27)/t11-,12-,14?/m1/s1. The highest BCUT2D eigenvalue weighted by molar-refractivity contribution is 7.16. The van der Waals surface area contributed by atoms with Crippen molar-refractivity contribution in [1.29, 1.82) is 0 Å². The Bertz CT molecular complexity index is 1020. The van der Waals surface area contributed by atoms with Crippen LogP contribution in [-0.2, 0) is 0 Å². The summed E-state index contributed by atoms with van der Waals surface area (Å²) in [4.78, 5) is 17.3. The first-order valence-electron chi connectivity index (χ1n) is 9.75. The number of hydrogen-bond donors (Lipinski definition) is 2. The molecule has 3 fully saturated rings. The van der Waals surface area contributed by atoms with E-state index in [-0.39, 0.29) is 5.28 Å². The normalized spacial score (nSPS) is 25.3. The molecular formula is C20H23ClN6S. The minimum atomic E-state index is 0.187. The van der Waals surface area contributed by atoms with Crippen molar-refractivity contribution in [2.24, 2.45) is 23.2 Å². The molecule has 1 aromatic carbocycles. The molecular weight excluding hydrogens is 392 g/mol. The maximum absolute atomic E-state index is 6.15. The lowest BCUT2D eigenvalue weighted by Crippen LogP contribution is -2.53. The minimum Gasteiger partial charge on any atom is -0.354 e. The van der Waals surface area contributed by atoms with Crippen molar-refractivity contribution < 1.29 is 0 Å². The van der Waals surface area contributed by atoms with Crippen LogP contribution >= 0.6 is 22.9 Å². The zero-order valence-corrected chi connectivity index (χ0v) is 17.5. The van der Waals surface area contributed by atoms with E-state index in [2.05, 4.69) is 44.4 Å². The zero-order chi connectivity index (χ0) is 19.3. The molecule has 0 amide bonds. The Balaban J connectivity index is 1.29. The topological polar surface area (TPSA) is 75.6 Å². The van der Waals surface area contributed by atoms with Crippen LogP contribution in [0.25, 0.3) is 10.2 Å². The molecule has 3 aliphatic rings. The SMILES string of the molecule is CC1(C)C2C[C@H]1CC[C@@H]2CNc1nc(Cl)nc(Nc2ccc3ncsc3c2)n1. The Hall–Kier alpha value is -1.99. The number of halogens is 1. The van der Waals surface area contributed by atoms with E-state index in [1.165, 1.54) is 19.3 Å². The van der Waals surface area contributed by atoms with Crippen LogP contribution in [0.5, 0.6) is 0 Å². The number of nitrogens with zero attached hydrogens (tertiary/aromatic N) is 4. The number of hydrogen-bond acceptors (Lipinski definition) is 7. The summed E-state index contributed by atoms with van der Waals surface area (Å²) in [5.41, 5.74) is 4.20. The van der Waals surface area contributed by atoms with Gasteiger partial charge in [0.05, 0.1) is 15.7 Å².